The predicted octanol–water partition coefficient (Wildman–Crippen LogP) is 2.94. The largest absolute Gasteiger partial charge is 0.390 e. The number of H-pyrrole nitrogens is 1. The van der Waals surface area contributed by atoms with Gasteiger partial charge in [-0.1, -0.05) is 11.6 Å². The van der Waals surface area contributed by atoms with Crippen LogP contribution in [0.3, 0.4) is 0 Å². The van der Waals surface area contributed by atoms with Crippen LogP contribution >= 0.6 is 0 Å². The first-order chi connectivity index (χ1) is 12.0. The summed E-state index contributed by atoms with van der Waals surface area (Å²) in [6.07, 6.45) is 6.43. The number of aromatic amines is 1. The summed E-state index contributed by atoms with van der Waals surface area (Å²) in [5, 5.41) is 38.6. The van der Waals surface area contributed by atoms with E-state index in [0.717, 1.165) is 30.4 Å². The van der Waals surface area contributed by atoms with Crippen molar-refractivity contribution < 1.29 is 25.4 Å². The van der Waals surface area contributed by atoms with Crippen molar-refractivity contribution in [3.63, 3.8) is 0 Å². The SMILES string of the molecule is CC(=CCc1c[nH]c(N(O)O)c1)CCC(O)C1(C)CCC(C(C)(C)O)O1. The van der Waals surface area contributed by atoms with Crippen molar-refractivity contribution in [2.24, 2.45) is 0 Å². The van der Waals surface area contributed by atoms with Crippen LogP contribution in [0.5, 0.6) is 0 Å². The predicted molar refractivity (Wildman–Crippen MR) is 98.4 cm³/mol. The summed E-state index contributed by atoms with van der Waals surface area (Å²) in [6.45, 7) is 7.41. The van der Waals surface area contributed by atoms with Gasteiger partial charge in [0, 0.05) is 6.20 Å². The average molecular weight is 368 g/mol. The van der Waals surface area contributed by atoms with Crippen molar-refractivity contribution in [3.8, 4) is 0 Å². The topological polar surface area (TPSA) is 109 Å². The number of aromatic nitrogens is 1. The molecule has 0 saturated carbocycles. The number of aliphatic hydroxyl groups excluding tert-OH is 1. The summed E-state index contributed by atoms with van der Waals surface area (Å²) < 4.78 is 5.99. The van der Waals surface area contributed by atoms with Crippen LogP contribution in [0.1, 0.15) is 58.9 Å². The second-order valence-electron chi connectivity index (χ2n) is 8.10. The first-order valence-electron chi connectivity index (χ1n) is 9.10. The molecule has 5 N–H and O–H groups in total. The van der Waals surface area contributed by atoms with Crippen molar-refractivity contribution >= 4 is 5.82 Å². The average Bonchev–Trinajstić information content (AvgIpc) is 3.17. The molecule has 2 heterocycles. The number of aliphatic hydroxyl groups is 2. The van der Waals surface area contributed by atoms with Crippen molar-refractivity contribution in [1.82, 2.24) is 4.98 Å². The van der Waals surface area contributed by atoms with E-state index >= 15 is 0 Å². The first kappa shape index (κ1) is 20.9. The first-order valence-corrected chi connectivity index (χ1v) is 9.10. The fraction of sp³-hybridized carbons (Fsp3) is 0.684. The highest BCUT2D eigenvalue weighted by atomic mass is 16.8. The molecule has 1 saturated heterocycles. The second kappa shape index (κ2) is 8.10. The lowest BCUT2D eigenvalue weighted by atomic mass is 9.90. The Kier molecular flexibility index (Phi) is 6.52. The van der Waals surface area contributed by atoms with Gasteiger partial charge in [0.15, 0.2) is 5.82 Å². The van der Waals surface area contributed by atoms with E-state index in [4.69, 9.17) is 15.2 Å². The number of ether oxygens (including phenoxy) is 1. The molecule has 1 fully saturated rings. The summed E-state index contributed by atoms with van der Waals surface area (Å²) in [7, 11) is 0. The minimum absolute atomic E-state index is 0.0552. The van der Waals surface area contributed by atoms with E-state index < -0.39 is 17.3 Å². The maximum Gasteiger partial charge on any atom is 0.161 e. The van der Waals surface area contributed by atoms with Crippen molar-refractivity contribution in [1.29, 1.82) is 0 Å². The second-order valence-corrected chi connectivity index (χ2v) is 8.10. The molecule has 0 radical (unpaired) electrons. The highest BCUT2D eigenvalue weighted by Crippen LogP contribution is 2.38. The molecule has 0 bridgehead atoms. The van der Waals surface area contributed by atoms with E-state index in [2.05, 4.69) is 11.1 Å². The number of hydrogen-bond acceptors (Lipinski definition) is 6. The van der Waals surface area contributed by atoms with Gasteiger partial charge in [-0.05, 0) is 71.4 Å². The molecule has 0 amide bonds. The van der Waals surface area contributed by atoms with Crippen molar-refractivity contribution in [3.05, 3.63) is 29.5 Å². The standard InChI is InChI=1S/C19H32N2O5/c1-13(5-7-14-11-17(20-12-14)21(24)25)6-8-15(22)19(4)10-9-16(26-19)18(2,3)23/h5,11-12,15-16,20,22-25H,6-10H2,1-4H3. The lowest BCUT2D eigenvalue weighted by Gasteiger charge is -2.33. The zero-order valence-electron chi connectivity index (χ0n) is 16.1. The zero-order valence-corrected chi connectivity index (χ0v) is 16.1. The van der Waals surface area contributed by atoms with Crippen molar-refractivity contribution in [2.45, 2.75) is 83.2 Å². The Morgan fingerprint density at radius 2 is 2.19 bits per heavy atom. The molecule has 3 unspecified atom stereocenters. The number of anilines is 1. The Hall–Kier alpha value is -1.38. The van der Waals surface area contributed by atoms with Gasteiger partial charge in [-0.3, -0.25) is 10.4 Å². The Morgan fingerprint density at radius 1 is 1.50 bits per heavy atom. The third-order valence-electron chi connectivity index (χ3n) is 5.25. The summed E-state index contributed by atoms with van der Waals surface area (Å²) >= 11 is 0. The summed E-state index contributed by atoms with van der Waals surface area (Å²) in [5.74, 6) is 0.217. The molecule has 1 aliphatic rings. The van der Waals surface area contributed by atoms with Gasteiger partial charge < -0.3 is 19.9 Å². The quantitative estimate of drug-likeness (QED) is 0.357. The molecule has 1 aromatic heterocycles. The molecule has 148 valence electrons. The molecular weight excluding hydrogens is 336 g/mol. The smallest absolute Gasteiger partial charge is 0.161 e. The lowest BCUT2D eigenvalue weighted by Crippen LogP contribution is -2.43. The molecule has 0 aliphatic carbocycles. The molecule has 0 aromatic carbocycles. The fourth-order valence-electron chi connectivity index (χ4n) is 3.33. The molecular formula is C19H32N2O5. The molecule has 7 heteroatoms. The Morgan fingerprint density at radius 3 is 2.73 bits per heavy atom. The summed E-state index contributed by atoms with van der Waals surface area (Å²) in [5.41, 5.74) is 0.567. The lowest BCUT2D eigenvalue weighted by molar-refractivity contribution is -0.153. The van der Waals surface area contributed by atoms with Crippen molar-refractivity contribution in [2.75, 3.05) is 5.23 Å². The number of nitrogens with zero attached hydrogens (tertiary/aromatic N) is 1. The van der Waals surface area contributed by atoms with Crippen LogP contribution in [0.25, 0.3) is 0 Å². The van der Waals surface area contributed by atoms with Gasteiger partial charge in [0.2, 0.25) is 0 Å². The fourth-order valence-corrected chi connectivity index (χ4v) is 3.33. The van der Waals surface area contributed by atoms with E-state index in [1.165, 1.54) is 0 Å². The van der Waals surface area contributed by atoms with E-state index in [-0.39, 0.29) is 17.1 Å². The number of rotatable bonds is 8. The van der Waals surface area contributed by atoms with E-state index in [1.54, 1.807) is 26.1 Å². The summed E-state index contributed by atoms with van der Waals surface area (Å²) in [6, 6.07) is 1.66. The highest BCUT2D eigenvalue weighted by Gasteiger charge is 2.46. The van der Waals surface area contributed by atoms with Gasteiger partial charge in [0.05, 0.1) is 23.4 Å². The van der Waals surface area contributed by atoms with Crippen LogP contribution in [-0.4, -0.2) is 49.0 Å². The monoisotopic (exact) mass is 368 g/mol. The maximum atomic E-state index is 10.6. The van der Waals surface area contributed by atoms with Gasteiger partial charge >= 0.3 is 0 Å². The summed E-state index contributed by atoms with van der Waals surface area (Å²) in [4.78, 5) is 2.76. The number of allylic oxidation sites excluding steroid dienone is 2. The van der Waals surface area contributed by atoms with Crippen LogP contribution in [0.15, 0.2) is 23.9 Å². The van der Waals surface area contributed by atoms with Crippen LogP contribution in [0.2, 0.25) is 0 Å². The minimum atomic E-state index is -0.901. The van der Waals surface area contributed by atoms with Gasteiger partial charge in [0.1, 0.15) is 0 Å². The van der Waals surface area contributed by atoms with E-state index in [9.17, 15) is 10.2 Å². The molecule has 1 aliphatic heterocycles. The molecule has 2 rings (SSSR count). The van der Waals surface area contributed by atoms with Crippen LogP contribution in [0.4, 0.5) is 5.82 Å². The van der Waals surface area contributed by atoms with Gasteiger partial charge in [-0.15, -0.1) is 5.23 Å². The number of hydrogen-bond donors (Lipinski definition) is 5. The normalized spacial score (nSPS) is 25.5. The zero-order chi connectivity index (χ0) is 19.5. The molecule has 7 nitrogen and oxygen atoms in total. The van der Waals surface area contributed by atoms with Crippen LogP contribution in [-0.2, 0) is 11.2 Å². The Balaban J connectivity index is 1.83. The molecule has 1 aromatic rings. The third-order valence-corrected chi connectivity index (χ3v) is 5.25. The Labute approximate surface area is 154 Å². The van der Waals surface area contributed by atoms with Crippen LogP contribution < -0.4 is 5.23 Å². The minimum Gasteiger partial charge on any atom is -0.390 e. The molecule has 26 heavy (non-hydrogen) atoms. The Bertz CT molecular complexity index is 620. The number of nitrogens with one attached hydrogen (secondary N) is 1. The van der Waals surface area contributed by atoms with Gasteiger partial charge in [0.25, 0.3) is 0 Å². The van der Waals surface area contributed by atoms with Crippen LogP contribution in [0, 0.1) is 0 Å². The van der Waals surface area contributed by atoms with E-state index in [0.29, 0.717) is 12.8 Å². The third kappa shape index (κ3) is 5.31. The molecule has 3 atom stereocenters. The molecule has 0 spiro atoms. The van der Waals surface area contributed by atoms with Gasteiger partial charge in [-0.2, -0.15) is 0 Å². The maximum absolute atomic E-state index is 10.6. The van der Waals surface area contributed by atoms with Gasteiger partial charge in [-0.25, -0.2) is 0 Å². The van der Waals surface area contributed by atoms with E-state index in [1.807, 2.05) is 13.8 Å². The highest BCUT2D eigenvalue weighted by molar-refractivity contribution is 5.37.